The van der Waals surface area contributed by atoms with E-state index in [1.807, 2.05) is 70.2 Å². The highest BCUT2D eigenvalue weighted by Crippen LogP contribution is 2.36. The highest BCUT2D eigenvalue weighted by Gasteiger charge is 2.19. The molecule has 0 fully saturated rings. The first-order chi connectivity index (χ1) is 28.4. The van der Waals surface area contributed by atoms with E-state index in [-0.39, 0.29) is 65.9 Å². The number of ether oxygens (including phenoxy) is 2. The summed E-state index contributed by atoms with van der Waals surface area (Å²) in [5, 5.41) is 2.97. The summed E-state index contributed by atoms with van der Waals surface area (Å²) < 4.78 is 69.2. The number of ketones is 2. The maximum absolute atomic E-state index is 14.1. The van der Waals surface area contributed by atoms with Crippen LogP contribution in [0, 0.1) is 30.2 Å². The number of hydrogen-bond acceptors (Lipinski definition) is 5. The average molecular weight is 951 g/mol. The number of hydrogen-bond donors (Lipinski definition) is 1. The van der Waals surface area contributed by atoms with Crippen molar-refractivity contribution < 1.29 is 41.4 Å². The first-order valence-corrected chi connectivity index (χ1v) is 20.3. The van der Waals surface area contributed by atoms with E-state index in [9.17, 15) is 31.9 Å². The van der Waals surface area contributed by atoms with Gasteiger partial charge in [-0.1, -0.05) is 31.9 Å². The van der Waals surface area contributed by atoms with Gasteiger partial charge < -0.3 is 24.2 Å². The van der Waals surface area contributed by atoms with Crippen LogP contribution in [0.1, 0.15) is 78.1 Å². The average Bonchev–Trinajstić information content (AvgIpc) is 3.57. The molecule has 0 saturated heterocycles. The molecule has 0 aliphatic rings. The van der Waals surface area contributed by atoms with E-state index in [4.69, 9.17) is 9.47 Å². The van der Waals surface area contributed by atoms with Crippen LogP contribution in [0.25, 0.3) is 16.9 Å². The van der Waals surface area contributed by atoms with Gasteiger partial charge in [0.05, 0.1) is 11.3 Å². The Morgan fingerprint density at radius 2 is 1.22 bits per heavy atom. The number of nitrogens with one attached hydrogen (secondary N) is 1. The fourth-order valence-corrected chi connectivity index (χ4v) is 6.68. The van der Waals surface area contributed by atoms with Crippen LogP contribution >= 0.6 is 31.9 Å². The quantitative estimate of drug-likeness (QED) is 0.0921. The molecule has 0 spiro atoms. The second-order valence-electron chi connectivity index (χ2n) is 14.9. The van der Waals surface area contributed by atoms with Gasteiger partial charge in [0.2, 0.25) is 0 Å². The number of rotatable bonds is 13. The maximum Gasteiger partial charge on any atom is 0.251 e. The van der Waals surface area contributed by atoms with Crippen LogP contribution in [0.4, 0.5) is 17.6 Å². The Bertz CT molecular complexity index is 2520. The largest absolute Gasteiger partial charge is 0.488 e. The molecule has 0 bridgehead atoms. The Balaban J connectivity index is 0.000000247. The van der Waals surface area contributed by atoms with Crippen LogP contribution in [0.2, 0.25) is 0 Å². The molecule has 0 unspecified atom stereocenters. The lowest BCUT2D eigenvalue weighted by Gasteiger charge is -2.21. The predicted octanol–water partition coefficient (Wildman–Crippen LogP) is 12.5. The summed E-state index contributed by atoms with van der Waals surface area (Å²) in [6.07, 6.45) is 0.227. The number of aryl methyl sites for hydroxylation is 1. The molecule has 0 atom stereocenters. The van der Waals surface area contributed by atoms with Gasteiger partial charge in [0.1, 0.15) is 53.8 Å². The zero-order chi connectivity index (χ0) is 43.7. The number of nitrogens with zero attached hydrogens (tertiary/aromatic N) is 1. The Labute approximate surface area is 363 Å². The molecule has 6 rings (SSSR count). The van der Waals surface area contributed by atoms with Crippen LogP contribution in [-0.4, -0.2) is 27.6 Å². The summed E-state index contributed by atoms with van der Waals surface area (Å²) in [6.45, 7) is 9.06. The second-order valence-corrected chi connectivity index (χ2v) is 16.7. The molecule has 7 nitrogen and oxygen atoms in total. The van der Waals surface area contributed by atoms with E-state index < -0.39 is 23.3 Å². The summed E-state index contributed by atoms with van der Waals surface area (Å²) in [6, 6.07) is 28.5. The molecule has 1 amide bonds. The summed E-state index contributed by atoms with van der Waals surface area (Å²) in [7, 11) is 0. The molecule has 0 aliphatic carbocycles. The van der Waals surface area contributed by atoms with E-state index in [0.29, 0.717) is 21.3 Å². The fourth-order valence-electron chi connectivity index (χ4n) is 5.95. The predicted molar refractivity (Wildman–Crippen MR) is 231 cm³/mol. The topological polar surface area (TPSA) is 86.6 Å². The zero-order valence-electron chi connectivity index (χ0n) is 33.5. The molecule has 13 heteroatoms. The van der Waals surface area contributed by atoms with Crippen LogP contribution < -0.4 is 14.8 Å². The third-order valence-corrected chi connectivity index (χ3v) is 9.90. The molecular weight excluding hydrogens is 908 g/mol. The Morgan fingerprint density at radius 3 is 1.77 bits per heavy atom. The van der Waals surface area contributed by atoms with Gasteiger partial charge in [-0.05, 0) is 132 Å². The van der Waals surface area contributed by atoms with E-state index >= 15 is 0 Å². The van der Waals surface area contributed by atoms with Gasteiger partial charge in [0.15, 0.2) is 5.78 Å². The normalized spacial score (nSPS) is 11.1. The lowest BCUT2D eigenvalue weighted by molar-refractivity contribution is -0.117. The third kappa shape index (κ3) is 12.5. The minimum atomic E-state index is -0.712. The van der Waals surface area contributed by atoms with Gasteiger partial charge in [-0.2, -0.15) is 0 Å². The minimum absolute atomic E-state index is 0.0436. The molecule has 5 aromatic carbocycles. The summed E-state index contributed by atoms with van der Waals surface area (Å²) in [4.78, 5) is 35.9. The zero-order valence-corrected chi connectivity index (χ0v) is 36.6. The Morgan fingerprint density at radius 1 is 0.667 bits per heavy atom. The number of benzene rings is 5. The van der Waals surface area contributed by atoms with Crippen molar-refractivity contribution in [3.63, 3.8) is 0 Å². The van der Waals surface area contributed by atoms with Crippen molar-refractivity contribution >= 4 is 49.3 Å². The summed E-state index contributed by atoms with van der Waals surface area (Å²) in [5.74, 6) is -2.25. The van der Waals surface area contributed by atoms with Crippen LogP contribution in [0.5, 0.6) is 11.5 Å². The number of aromatic nitrogens is 1. The van der Waals surface area contributed by atoms with Crippen molar-refractivity contribution in [3.8, 4) is 28.4 Å². The standard InChI is InChI=1S/C29H27BrF2N2O2.C18H15BrF2O3/c1-18-5-13-26(34(18)23-11-7-19(8-12-23)28(35)33-29(2,3)4)24-15-21(30)9-14-27(24)36-17-20-6-10-22(31)16-25(20)32;1-11(22)2-6-17(23)15-8-13(19)4-7-18(15)24-10-12-3-5-14(20)9-16(12)21/h5-16H,17H2,1-4H3,(H,33,35);3-5,7-9H,2,6,10H2,1H3. The molecule has 0 radical (unpaired) electrons. The SMILES string of the molecule is CC(=O)CCC(=O)c1cc(Br)ccc1OCc1ccc(F)cc1F.Cc1ccc(-c2cc(Br)ccc2OCc2ccc(F)cc2F)n1-c1ccc(C(=O)NC(C)(C)C)cc1. The van der Waals surface area contributed by atoms with Gasteiger partial charge in [-0.25, -0.2) is 17.6 Å². The molecule has 1 heterocycles. The highest BCUT2D eigenvalue weighted by molar-refractivity contribution is 9.10. The number of carbonyl (C=O) groups is 3. The van der Waals surface area contributed by atoms with Crippen molar-refractivity contribution in [1.29, 1.82) is 0 Å². The Hall–Kier alpha value is -5.53. The monoisotopic (exact) mass is 948 g/mol. The van der Waals surface area contributed by atoms with E-state index in [2.05, 4.69) is 41.7 Å². The number of amides is 1. The smallest absolute Gasteiger partial charge is 0.251 e. The Kier molecular flexibility index (Phi) is 15.3. The van der Waals surface area contributed by atoms with Crippen LogP contribution in [-0.2, 0) is 18.0 Å². The molecule has 6 aromatic rings. The molecule has 1 N–H and O–H groups in total. The minimum Gasteiger partial charge on any atom is -0.488 e. The maximum atomic E-state index is 14.1. The highest BCUT2D eigenvalue weighted by atomic mass is 79.9. The summed E-state index contributed by atoms with van der Waals surface area (Å²) in [5.41, 5.74) is 4.56. The second kappa shape index (κ2) is 20.2. The molecular formula is C47H42Br2F4N2O5. The van der Waals surface area contributed by atoms with Gasteiger partial charge in [0, 0.05) is 73.1 Å². The van der Waals surface area contributed by atoms with E-state index in [1.165, 1.54) is 25.1 Å². The molecule has 312 valence electrons. The van der Waals surface area contributed by atoms with Gasteiger partial charge in [-0.3, -0.25) is 9.59 Å². The van der Waals surface area contributed by atoms with E-state index in [0.717, 1.165) is 45.3 Å². The van der Waals surface area contributed by atoms with Crippen molar-refractivity contribution in [2.45, 2.75) is 66.2 Å². The molecule has 60 heavy (non-hydrogen) atoms. The molecule has 1 aromatic heterocycles. The lowest BCUT2D eigenvalue weighted by atomic mass is 10.0. The number of halogens is 6. The van der Waals surface area contributed by atoms with Crippen molar-refractivity contribution in [1.82, 2.24) is 9.88 Å². The first kappa shape index (κ1) is 45.6. The van der Waals surface area contributed by atoms with E-state index in [1.54, 1.807) is 30.3 Å². The third-order valence-electron chi connectivity index (χ3n) is 8.91. The van der Waals surface area contributed by atoms with Gasteiger partial charge in [-0.15, -0.1) is 0 Å². The number of Topliss-reactive ketones (excluding diaryl/α,β-unsaturated/α-hetero) is 2. The van der Waals surface area contributed by atoms with Crippen LogP contribution in [0.3, 0.4) is 0 Å². The van der Waals surface area contributed by atoms with Gasteiger partial charge in [0.25, 0.3) is 5.91 Å². The van der Waals surface area contributed by atoms with Crippen LogP contribution in [0.15, 0.2) is 118 Å². The number of carbonyl (C=O) groups excluding carboxylic acids is 3. The summed E-state index contributed by atoms with van der Waals surface area (Å²) >= 11 is 6.82. The first-order valence-electron chi connectivity index (χ1n) is 18.8. The van der Waals surface area contributed by atoms with Crippen molar-refractivity contribution in [2.24, 2.45) is 0 Å². The lowest BCUT2D eigenvalue weighted by Crippen LogP contribution is -2.40. The fraction of sp³-hybridized carbons (Fsp3) is 0.213. The molecule has 0 saturated carbocycles. The van der Waals surface area contributed by atoms with Gasteiger partial charge >= 0.3 is 0 Å². The van der Waals surface area contributed by atoms with Crippen molar-refractivity contribution in [2.75, 3.05) is 0 Å². The van der Waals surface area contributed by atoms with Crippen molar-refractivity contribution in [3.05, 3.63) is 169 Å². The molecule has 0 aliphatic heterocycles.